The van der Waals surface area contributed by atoms with Crippen molar-refractivity contribution in [2.24, 2.45) is 0 Å². The first-order valence-electron chi connectivity index (χ1n) is 5.41. The van der Waals surface area contributed by atoms with Gasteiger partial charge in [0, 0.05) is 0 Å². The topological polar surface area (TPSA) is 13.1 Å². The Morgan fingerprint density at radius 1 is 1.27 bits per heavy atom. The molecule has 0 unspecified atom stereocenters. The number of allylic oxidation sites excluding steroid dienone is 4. The largest absolute Gasteiger partial charge is 0.472 e. The zero-order chi connectivity index (χ0) is 11.3. The summed E-state index contributed by atoms with van der Waals surface area (Å²) in [6, 6.07) is 5.31. The zero-order valence-corrected chi connectivity index (χ0v) is 11.1. The summed E-state index contributed by atoms with van der Waals surface area (Å²) in [5.41, 5.74) is 0. The maximum atomic E-state index is 5.72. The first-order valence-corrected chi connectivity index (χ1v) is 8.62. The predicted octanol–water partition coefficient (Wildman–Crippen LogP) is 3.64. The van der Waals surface area contributed by atoms with E-state index in [1.54, 1.807) is 0 Å². The van der Waals surface area contributed by atoms with Crippen molar-refractivity contribution in [3.63, 3.8) is 0 Å². The Balaban J connectivity index is 2.66. The van der Waals surface area contributed by atoms with Gasteiger partial charge in [-0.25, -0.2) is 0 Å². The van der Waals surface area contributed by atoms with E-state index in [0.717, 1.165) is 11.8 Å². The molecular formula is C13H20OSi. The van der Waals surface area contributed by atoms with Crippen LogP contribution in [-0.4, -0.2) is 8.07 Å². The van der Waals surface area contributed by atoms with Crippen LogP contribution in [0.25, 0.3) is 0 Å². The van der Waals surface area contributed by atoms with Gasteiger partial charge in [-0.15, -0.1) is 0 Å². The summed E-state index contributed by atoms with van der Waals surface area (Å²) in [6.07, 6.45) is 8.47. The molecule has 1 aromatic heterocycles. The molecule has 0 fully saturated rings. The molecule has 0 amide bonds. The Hall–Kier alpha value is -1.02. The first-order chi connectivity index (χ1) is 7.06. The number of hydrogen-bond acceptors (Lipinski definition) is 1. The summed E-state index contributed by atoms with van der Waals surface area (Å²) in [5.74, 6) is 1.02. The van der Waals surface area contributed by atoms with Crippen molar-refractivity contribution in [1.82, 2.24) is 0 Å². The van der Waals surface area contributed by atoms with Crippen molar-refractivity contribution < 1.29 is 4.42 Å². The molecule has 0 bridgehead atoms. The molecule has 0 saturated heterocycles. The summed E-state index contributed by atoms with van der Waals surface area (Å²) >= 11 is 0. The second kappa shape index (κ2) is 5.17. The van der Waals surface area contributed by atoms with Crippen LogP contribution in [0.2, 0.25) is 19.1 Å². The van der Waals surface area contributed by atoms with E-state index in [0.29, 0.717) is 0 Å². The average Bonchev–Trinajstić information content (AvgIpc) is 2.60. The van der Waals surface area contributed by atoms with Crippen LogP contribution < -0.4 is 5.38 Å². The van der Waals surface area contributed by atoms with Crippen LogP contribution in [-0.2, 0) is 0 Å². The fourth-order valence-electron chi connectivity index (χ4n) is 1.45. The molecule has 0 aliphatic rings. The fourth-order valence-corrected chi connectivity index (χ4v) is 3.35. The third-order valence-electron chi connectivity index (χ3n) is 2.48. The van der Waals surface area contributed by atoms with Crippen molar-refractivity contribution >= 4 is 13.5 Å². The van der Waals surface area contributed by atoms with Crippen LogP contribution in [0.5, 0.6) is 0 Å². The highest BCUT2D eigenvalue weighted by Crippen LogP contribution is 2.12. The molecule has 1 rings (SSSR count). The molecule has 0 N–H and O–H groups in total. The molecule has 0 aliphatic heterocycles. The van der Waals surface area contributed by atoms with E-state index < -0.39 is 8.07 Å². The van der Waals surface area contributed by atoms with Gasteiger partial charge in [0.25, 0.3) is 0 Å². The maximum absolute atomic E-state index is 5.72. The Morgan fingerprint density at radius 3 is 2.53 bits per heavy atom. The molecule has 0 atom stereocenters. The Morgan fingerprint density at radius 2 is 2.00 bits per heavy atom. The predicted molar refractivity (Wildman–Crippen MR) is 69.3 cm³/mol. The molecule has 0 aliphatic carbocycles. The minimum absolute atomic E-state index is 1.02. The van der Waals surface area contributed by atoms with Crippen LogP contribution in [0.4, 0.5) is 0 Å². The number of furan rings is 1. The summed E-state index contributed by atoms with van der Waals surface area (Å²) in [7, 11) is -1.40. The molecule has 82 valence electrons. The normalized spacial score (nSPS) is 13.1. The molecular weight excluding hydrogens is 200 g/mol. The molecule has 15 heavy (non-hydrogen) atoms. The molecule has 0 radical (unpaired) electrons. The van der Waals surface area contributed by atoms with Gasteiger partial charge in [-0.3, -0.25) is 0 Å². The van der Waals surface area contributed by atoms with Gasteiger partial charge in [-0.1, -0.05) is 37.4 Å². The van der Waals surface area contributed by atoms with Gasteiger partial charge < -0.3 is 4.42 Å². The quantitative estimate of drug-likeness (QED) is 0.558. The van der Waals surface area contributed by atoms with Crippen LogP contribution in [0, 0.1) is 6.92 Å². The minimum atomic E-state index is -1.40. The Kier molecular flexibility index (Phi) is 4.15. The highest BCUT2D eigenvalue weighted by molar-refractivity contribution is 6.89. The third kappa shape index (κ3) is 3.55. The van der Waals surface area contributed by atoms with Crippen LogP contribution >= 0.6 is 0 Å². The van der Waals surface area contributed by atoms with Gasteiger partial charge >= 0.3 is 0 Å². The lowest BCUT2D eigenvalue weighted by Gasteiger charge is -2.16. The molecule has 1 heterocycles. The van der Waals surface area contributed by atoms with Gasteiger partial charge in [-0.2, -0.15) is 0 Å². The van der Waals surface area contributed by atoms with E-state index in [4.69, 9.17) is 4.42 Å². The number of aryl methyl sites for hydroxylation is 1. The second-order valence-electron chi connectivity index (χ2n) is 4.45. The highest BCUT2D eigenvalue weighted by atomic mass is 28.3. The Bertz CT molecular complexity index is 358. The fraction of sp³-hybridized carbons (Fsp3) is 0.385. The molecule has 0 spiro atoms. The molecule has 0 aromatic carbocycles. The van der Waals surface area contributed by atoms with Gasteiger partial charge in [-0.05, 0) is 32.0 Å². The van der Waals surface area contributed by atoms with E-state index in [1.807, 2.05) is 19.9 Å². The SMILES string of the molecule is C/C=C/C=C/C[Si](C)(C)c1ccc(C)o1. The van der Waals surface area contributed by atoms with Crippen LogP contribution in [0.1, 0.15) is 12.7 Å². The van der Waals surface area contributed by atoms with E-state index in [-0.39, 0.29) is 0 Å². The van der Waals surface area contributed by atoms with Crippen molar-refractivity contribution in [2.75, 3.05) is 0 Å². The van der Waals surface area contributed by atoms with Crippen LogP contribution in [0.3, 0.4) is 0 Å². The zero-order valence-electron chi connectivity index (χ0n) is 10.1. The first kappa shape index (κ1) is 12.0. The molecule has 1 nitrogen and oxygen atoms in total. The van der Waals surface area contributed by atoms with Gasteiger partial charge in [0.05, 0.1) is 11.1 Å². The third-order valence-corrected chi connectivity index (χ3v) is 5.33. The summed E-state index contributed by atoms with van der Waals surface area (Å²) in [4.78, 5) is 0. The molecule has 0 saturated carbocycles. The lowest BCUT2D eigenvalue weighted by Crippen LogP contribution is -2.39. The lowest BCUT2D eigenvalue weighted by atomic mass is 10.5. The number of rotatable bonds is 4. The van der Waals surface area contributed by atoms with Crippen molar-refractivity contribution in [1.29, 1.82) is 0 Å². The average molecular weight is 220 g/mol. The van der Waals surface area contributed by atoms with E-state index in [1.165, 1.54) is 5.38 Å². The van der Waals surface area contributed by atoms with Crippen molar-refractivity contribution in [3.8, 4) is 0 Å². The van der Waals surface area contributed by atoms with E-state index in [9.17, 15) is 0 Å². The van der Waals surface area contributed by atoms with E-state index in [2.05, 4.69) is 43.5 Å². The monoisotopic (exact) mass is 220 g/mol. The smallest absolute Gasteiger partial charge is 0.130 e. The summed E-state index contributed by atoms with van der Waals surface area (Å²) < 4.78 is 5.72. The Labute approximate surface area is 93.5 Å². The van der Waals surface area contributed by atoms with Crippen molar-refractivity contribution in [2.45, 2.75) is 33.0 Å². The van der Waals surface area contributed by atoms with Crippen LogP contribution in [0.15, 0.2) is 40.9 Å². The number of hydrogen-bond donors (Lipinski definition) is 0. The van der Waals surface area contributed by atoms with Gasteiger partial charge in [0.2, 0.25) is 0 Å². The highest BCUT2D eigenvalue weighted by Gasteiger charge is 2.25. The maximum Gasteiger partial charge on any atom is 0.130 e. The van der Waals surface area contributed by atoms with Gasteiger partial charge in [0.1, 0.15) is 8.07 Å². The van der Waals surface area contributed by atoms with Crippen molar-refractivity contribution in [3.05, 3.63) is 42.2 Å². The molecule has 2 heteroatoms. The van der Waals surface area contributed by atoms with Gasteiger partial charge in [0.15, 0.2) is 0 Å². The summed E-state index contributed by atoms with van der Waals surface area (Å²) in [6.45, 7) is 8.71. The van der Waals surface area contributed by atoms with E-state index >= 15 is 0 Å². The molecule has 1 aromatic rings. The minimum Gasteiger partial charge on any atom is -0.472 e. The lowest BCUT2D eigenvalue weighted by molar-refractivity contribution is 0.561. The standard InChI is InChI=1S/C13H20OSi/c1-5-6-7-8-11-15(3,4)13-10-9-12(2)14-13/h5-10H,11H2,1-4H3/b6-5+,8-7+. The second-order valence-corrected chi connectivity index (χ2v) is 9.12. The summed E-state index contributed by atoms with van der Waals surface area (Å²) in [5, 5.41) is 1.20.